The third-order valence-electron chi connectivity index (χ3n) is 3.06. The van der Waals surface area contributed by atoms with Gasteiger partial charge in [-0.25, -0.2) is 4.98 Å². The van der Waals surface area contributed by atoms with Crippen LogP contribution in [-0.4, -0.2) is 9.97 Å². The van der Waals surface area contributed by atoms with Crippen LogP contribution in [-0.2, 0) is 6.54 Å². The average molecular weight is 286 g/mol. The molecule has 0 aliphatic rings. The van der Waals surface area contributed by atoms with Crippen LogP contribution in [0.4, 0.5) is 11.4 Å². The van der Waals surface area contributed by atoms with E-state index >= 15 is 0 Å². The normalized spacial score (nSPS) is 10.8. The molecule has 0 fully saturated rings. The third kappa shape index (κ3) is 2.37. The maximum atomic E-state index is 11.7. The van der Waals surface area contributed by atoms with Gasteiger partial charge in [0.15, 0.2) is 0 Å². The molecule has 0 saturated heterocycles. The lowest BCUT2D eigenvalue weighted by molar-refractivity contribution is 1.16. The molecule has 0 radical (unpaired) electrons. The summed E-state index contributed by atoms with van der Waals surface area (Å²) < 4.78 is 0. The number of rotatable bonds is 3. The fraction of sp³-hybridized carbons (Fsp3) is 0.143. The van der Waals surface area contributed by atoms with E-state index in [9.17, 15) is 4.79 Å². The van der Waals surface area contributed by atoms with Gasteiger partial charge in [0.2, 0.25) is 0 Å². The van der Waals surface area contributed by atoms with Crippen molar-refractivity contribution in [2.24, 2.45) is 0 Å². The Hall–Kier alpha value is -2.34. The van der Waals surface area contributed by atoms with Gasteiger partial charge in [0.1, 0.15) is 0 Å². The van der Waals surface area contributed by atoms with Crippen molar-refractivity contribution in [3.05, 3.63) is 50.7 Å². The van der Waals surface area contributed by atoms with Crippen molar-refractivity contribution in [1.82, 2.24) is 9.97 Å². The van der Waals surface area contributed by atoms with Crippen molar-refractivity contribution in [3.63, 3.8) is 0 Å². The highest BCUT2D eigenvalue weighted by molar-refractivity contribution is 7.11. The number of nitrogens with one attached hydrogen (secondary N) is 2. The monoisotopic (exact) mass is 286 g/mol. The van der Waals surface area contributed by atoms with E-state index in [1.165, 1.54) is 16.1 Å². The number of H-pyrrole nitrogens is 1. The average Bonchev–Trinajstić information content (AvgIpc) is 2.83. The number of aromatic nitrogens is 2. The van der Waals surface area contributed by atoms with E-state index in [-0.39, 0.29) is 5.56 Å². The molecule has 2 heterocycles. The predicted octanol–water partition coefficient (Wildman–Crippen LogP) is 2.49. The molecule has 0 aliphatic heterocycles. The van der Waals surface area contributed by atoms with Crippen LogP contribution in [0.5, 0.6) is 0 Å². The van der Waals surface area contributed by atoms with E-state index in [0.717, 1.165) is 5.69 Å². The summed E-state index contributed by atoms with van der Waals surface area (Å²) in [6.45, 7) is 2.78. The van der Waals surface area contributed by atoms with Crippen LogP contribution in [0.15, 0.2) is 35.4 Å². The van der Waals surface area contributed by atoms with E-state index in [2.05, 4.69) is 34.3 Å². The van der Waals surface area contributed by atoms with Gasteiger partial charge in [0, 0.05) is 16.3 Å². The van der Waals surface area contributed by atoms with Crippen molar-refractivity contribution in [3.8, 4) is 0 Å². The van der Waals surface area contributed by atoms with Crippen LogP contribution in [0, 0.1) is 6.92 Å². The summed E-state index contributed by atoms with van der Waals surface area (Å²) in [6, 6.07) is 7.64. The SMILES string of the molecule is Cc1ccc(CNc2cc3nc[nH]c(=O)c3cc2N)s1. The lowest BCUT2D eigenvalue weighted by Gasteiger charge is -2.09. The molecule has 0 spiro atoms. The number of anilines is 2. The van der Waals surface area contributed by atoms with Gasteiger partial charge in [0.25, 0.3) is 5.56 Å². The standard InChI is InChI=1S/C14H14N4OS/c1-8-2-3-9(20-8)6-16-13-5-12-10(4-11(13)15)14(19)18-7-17-12/h2-5,7,16H,6,15H2,1H3,(H,17,18,19). The summed E-state index contributed by atoms with van der Waals surface area (Å²) in [4.78, 5) is 20.9. The first-order valence-corrected chi connectivity index (χ1v) is 7.01. The summed E-state index contributed by atoms with van der Waals surface area (Å²) in [5, 5.41) is 3.79. The van der Waals surface area contributed by atoms with Gasteiger partial charge in [-0.1, -0.05) is 0 Å². The Labute approximate surface area is 119 Å². The van der Waals surface area contributed by atoms with Gasteiger partial charge < -0.3 is 16.0 Å². The highest BCUT2D eigenvalue weighted by Gasteiger charge is 2.06. The molecule has 2 aromatic heterocycles. The highest BCUT2D eigenvalue weighted by Crippen LogP contribution is 2.24. The number of thiophene rings is 1. The number of benzene rings is 1. The first kappa shape index (κ1) is 12.7. The number of hydrogen-bond donors (Lipinski definition) is 3. The van der Waals surface area contributed by atoms with Gasteiger partial charge in [0.05, 0.1) is 28.6 Å². The quantitative estimate of drug-likeness (QED) is 0.646. The Balaban J connectivity index is 1.91. The second-order valence-electron chi connectivity index (χ2n) is 4.55. The number of nitrogens with zero attached hydrogens (tertiary/aromatic N) is 1. The van der Waals surface area contributed by atoms with E-state index in [1.54, 1.807) is 23.5 Å². The predicted molar refractivity (Wildman–Crippen MR) is 83.2 cm³/mol. The Bertz CT molecular complexity index is 821. The van der Waals surface area contributed by atoms with Crippen LogP contribution >= 0.6 is 11.3 Å². The summed E-state index contributed by atoms with van der Waals surface area (Å²) in [7, 11) is 0. The number of hydrogen-bond acceptors (Lipinski definition) is 5. The molecule has 0 amide bonds. The highest BCUT2D eigenvalue weighted by atomic mass is 32.1. The van der Waals surface area contributed by atoms with Crippen molar-refractivity contribution in [1.29, 1.82) is 0 Å². The first-order valence-electron chi connectivity index (χ1n) is 6.19. The lowest BCUT2D eigenvalue weighted by Crippen LogP contribution is -2.08. The first-order chi connectivity index (χ1) is 9.63. The molecule has 0 aliphatic carbocycles. The number of nitrogen functional groups attached to an aromatic ring is 1. The molecular weight excluding hydrogens is 272 g/mol. The summed E-state index contributed by atoms with van der Waals surface area (Å²) in [5.74, 6) is 0. The summed E-state index contributed by atoms with van der Waals surface area (Å²) >= 11 is 1.74. The zero-order chi connectivity index (χ0) is 14.1. The van der Waals surface area contributed by atoms with Crippen LogP contribution in [0.2, 0.25) is 0 Å². The molecule has 0 saturated carbocycles. The Morgan fingerprint density at radius 1 is 1.40 bits per heavy atom. The third-order valence-corrected chi connectivity index (χ3v) is 4.06. The minimum atomic E-state index is -0.179. The molecule has 0 atom stereocenters. The zero-order valence-corrected chi connectivity index (χ0v) is 11.8. The fourth-order valence-electron chi connectivity index (χ4n) is 2.05. The zero-order valence-electron chi connectivity index (χ0n) is 10.9. The van der Waals surface area contributed by atoms with E-state index in [1.807, 2.05) is 0 Å². The molecule has 0 unspecified atom stereocenters. The Kier molecular flexibility index (Phi) is 3.15. The molecule has 102 valence electrons. The van der Waals surface area contributed by atoms with Gasteiger partial charge in [-0.3, -0.25) is 4.79 Å². The second kappa shape index (κ2) is 4.97. The van der Waals surface area contributed by atoms with Gasteiger partial charge in [-0.2, -0.15) is 0 Å². The van der Waals surface area contributed by atoms with Gasteiger partial charge in [-0.15, -0.1) is 11.3 Å². The minimum Gasteiger partial charge on any atom is -0.397 e. The second-order valence-corrected chi connectivity index (χ2v) is 5.93. The van der Waals surface area contributed by atoms with Gasteiger partial charge in [-0.05, 0) is 31.2 Å². The Morgan fingerprint density at radius 2 is 2.25 bits per heavy atom. The van der Waals surface area contributed by atoms with E-state index in [4.69, 9.17) is 5.73 Å². The van der Waals surface area contributed by atoms with Crippen molar-refractivity contribution in [2.75, 3.05) is 11.1 Å². The van der Waals surface area contributed by atoms with Crippen LogP contribution in [0.3, 0.4) is 0 Å². The molecule has 5 nitrogen and oxygen atoms in total. The van der Waals surface area contributed by atoms with Crippen molar-refractivity contribution < 1.29 is 0 Å². The molecule has 20 heavy (non-hydrogen) atoms. The summed E-state index contributed by atoms with van der Waals surface area (Å²) in [5.41, 5.74) is 7.78. The maximum Gasteiger partial charge on any atom is 0.258 e. The van der Waals surface area contributed by atoms with Crippen molar-refractivity contribution >= 4 is 33.6 Å². The molecule has 3 rings (SSSR count). The fourth-order valence-corrected chi connectivity index (χ4v) is 2.88. The van der Waals surface area contributed by atoms with Crippen molar-refractivity contribution in [2.45, 2.75) is 13.5 Å². The molecule has 1 aromatic carbocycles. The minimum absolute atomic E-state index is 0.179. The van der Waals surface area contributed by atoms with Gasteiger partial charge >= 0.3 is 0 Å². The smallest absolute Gasteiger partial charge is 0.258 e. The maximum absolute atomic E-state index is 11.7. The van der Waals surface area contributed by atoms with Crippen LogP contribution in [0.1, 0.15) is 9.75 Å². The molecular formula is C14H14N4OS. The Morgan fingerprint density at radius 3 is 3.00 bits per heavy atom. The topological polar surface area (TPSA) is 83.8 Å². The lowest BCUT2D eigenvalue weighted by atomic mass is 10.2. The number of aromatic amines is 1. The van der Waals surface area contributed by atoms with Crippen LogP contribution < -0.4 is 16.6 Å². The molecule has 4 N–H and O–H groups in total. The van der Waals surface area contributed by atoms with Crippen LogP contribution in [0.25, 0.3) is 10.9 Å². The molecule has 0 bridgehead atoms. The number of nitrogens with two attached hydrogens (primary N) is 1. The number of aryl methyl sites for hydroxylation is 1. The largest absolute Gasteiger partial charge is 0.397 e. The van der Waals surface area contributed by atoms with E-state index in [0.29, 0.717) is 23.1 Å². The summed E-state index contributed by atoms with van der Waals surface area (Å²) in [6.07, 6.45) is 1.40. The van der Waals surface area contributed by atoms with E-state index < -0.39 is 0 Å². The molecule has 6 heteroatoms. The molecule has 3 aromatic rings. The number of fused-ring (bicyclic) bond motifs is 1.